The molecular weight excluding hydrogens is 220 g/mol. The van der Waals surface area contributed by atoms with Crippen molar-refractivity contribution in [3.05, 3.63) is 11.5 Å². The lowest BCUT2D eigenvalue weighted by Gasteiger charge is -2.42. The molecule has 0 aromatic rings. The van der Waals surface area contributed by atoms with Crippen LogP contribution >= 0.6 is 0 Å². The molecule has 0 radical (unpaired) electrons. The molecule has 1 aliphatic heterocycles. The van der Waals surface area contributed by atoms with Crippen molar-refractivity contribution in [1.82, 2.24) is 0 Å². The first-order valence-corrected chi connectivity index (χ1v) is 5.42. The van der Waals surface area contributed by atoms with E-state index in [1.54, 1.807) is 0 Å². The van der Waals surface area contributed by atoms with Gasteiger partial charge in [0.15, 0.2) is 5.78 Å². The average molecular weight is 233 g/mol. The molecule has 6 heteroatoms. The first-order chi connectivity index (χ1) is 7.41. The van der Waals surface area contributed by atoms with Gasteiger partial charge >= 0.3 is 6.98 Å². The Morgan fingerprint density at radius 3 is 2.38 bits per heavy atom. The predicted molar refractivity (Wildman–Crippen MR) is 53.9 cm³/mol. The van der Waals surface area contributed by atoms with Crippen molar-refractivity contribution in [1.29, 1.82) is 0 Å². The minimum Gasteiger partial charge on any atom is -0.445 e. The lowest BCUT2D eigenvalue weighted by atomic mass is 9.61. The molecule has 1 heterocycles. The number of rotatable bonds is 1. The molecule has 1 spiro atoms. The second-order valence-corrected chi connectivity index (χ2v) is 4.73. The van der Waals surface area contributed by atoms with Gasteiger partial charge in [-0.05, 0) is 24.3 Å². The van der Waals surface area contributed by atoms with Crippen molar-refractivity contribution in [3.63, 3.8) is 0 Å². The molecule has 2 rings (SSSR count). The third-order valence-electron chi connectivity index (χ3n) is 3.45. The number of hydrogen-bond acceptors (Lipinski definition) is 2. The zero-order chi connectivity index (χ0) is 11.8. The van der Waals surface area contributed by atoms with E-state index in [1.807, 2.05) is 0 Å². The number of allylic oxidation sites excluding steroid dienone is 2. The van der Waals surface area contributed by atoms with Crippen LogP contribution in [-0.4, -0.2) is 26.0 Å². The van der Waals surface area contributed by atoms with Gasteiger partial charge in [0, 0.05) is 19.6 Å². The third-order valence-corrected chi connectivity index (χ3v) is 3.45. The Bertz CT molecular complexity index is 329. The van der Waals surface area contributed by atoms with Gasteiger partial charge < -0.3 is 17.7 Å². The van der Waals surface area contributed by atoms with Gasteiger partial charge in [-0.15, -0.1) is 5.47 Å². The van der Waals surface area contributed by atoms with E-state index in [9.17, 15) is 17.7 Å². The molecular formula is C10H13BF3O2-. The highest BCUT2D eigenvalue weighted by atomic mass is 19.4. The van der Waals surface area contributed by atoms with E-state index in [1.165, 1.54) is 0 Å². The summed E-state index contributed by atoms with van der Waals surface area (Å²) in [6.07, 6.45) is 2.14. The maximum absolute atomic E-state index is 12.7. The van der Waals surface area contributed by atoms with Gasteiger partial charge in [0.25, 0.3) is 0 Å². The van der Waals surface area contributed by atoms with Crippen molar-refractivity contribution < 1.29 is 22.5 Å². The molecule has 90 valence electrons. The predicted octanol–water partition coefficient (Wildman–Crippen LogP) is 2.46. The van der Waals surface area contributed by atoms with Crippen LogP contribution in [0.25, 0.3) is 0 Å². The second kappa shape index (κ2) is 3.91. The molecule has 1 fully saturated rings. The topological polar surface area (TPSA) is 26.3 Å². The van der Waals surface area contributed by atoms with Crippen molar-refractivity contribution in [2.24, 2.45) is 5.41 Å². The van der Waals surface area contributed by atoms with Crippen molar-refractivity contribution in [2.45, 2.75) is 25.7 Å². The molecule has 0 amide bonds. The Hall–Kier alpha value is -0.775. The second-order valence-electron chi connectivity index (χ2n) is 4.73. The fraction of sp³-hybridized carbons (Fsp3) is 0.700. The Balaban J connectivity index is 2.22. The molecule has 0 bridgehead atoms. The summed E-state index contributed by atoms with van der Waals surface area (Å²) < 4.78 is 43.1. The van der Waals surface area contributed by atoms with Crippen LogP contribution in [0.2, 0.25) is 0 Å². The fourth-order valence-corrected chi connectivity index (χ4v) is 2.54. The molecule has 0 unspecified atom stereocenters. The van der Waals surface area contributed by atoms with E-state index in [0.29, 0.717) is 26.1 Å². The van der Waals surface area contributed by atoms with Crippen LogP contribution in [0.1, 0.15) is 25.7 Å². The first-order valence-electron chi connectivity index (χ1n) is 5.42. The minimum absolute atomic E-state index is 0.00833. The molecule has 0 saturated carbocycles. The number of carbonyl (C=O) groups is 1. The van der Waals surface area contributed by atoms with E-state index in [0.717, 1.165) is 6.08 Å². The molecule has 1 saturated heterocycles. The zero-order valence-corrected chi connectivity index (χ0v) is 8.85. The summed E-state index contributed by atoms with van der Waals surface area (Å²) in [5.41, 5.74) is -1.10. The van der Waals surface area contributed by atoms with Gasteiger partial charge in [-0.25, -0.2) is 0 Å². The molecule has 0 aromatic heterocycles. The molecule has 2 nitrogen and oxygen atoms in total. The highest BCUT2D eigenvalue weighted by Gasteiger charge is 2.42. The molecule has 2 aliphatic rings. The molecule has 1 aliphatic carbocycles. The molecule has 16 heavy (non-hydrogen) atoms. The molecule has 0 atom stereocenters. The maximum atomic E-state index is 12.7. The maximum Gasteiger partial charge on any atom is 0.505 e. The van der Waals surface area contributed by atoms with Crippen LogP contribution in [-0.2, 0) is 9.53 Å². The van der Waals surface area contributed by atoms with E-state index in [4.69, 9.17) is 4.74 Å². The highest BCUT2D eigenvalue weighted by Crippen LogP contribution is 2.45. The van der Waals surface area contributed by atoms with Gasteiger partial charge in [0.2, 0.25) is 0 Å². The van der Waals surface area contributed by atoms with Gasteiger partial charge in [-0.1, -0.05) is 6.42 Å². The minimum atomic E-state index is -5.02. The summed E-state index contributed by atoms with van der Waals surface area (Å²) in [7, 11) is 0. The van der Waals surface area contributed by atoms with E-state index in [-0.39, 0.29) is 18.6 Å². The van der Waals surface area contributed by atoms with Crippen LogP contribution in [0.4, 0.5) is 12.9 Å². The van der Waals surface area contributed by atoms with Gasteiger partial charge in [-0.3, -0.25) is 4.79 Å². The van der Waals surface area contributed by atoms with Crippen LogP contribution in [0, 0.1) is 5.41 Å². The summed E-state index contributed by atoms with van der Waals surface area (Å²) in [5, 5.41) is 0. The number of ether oxygens (including phenoxy) is 1. The fourth-order valence-electron chi connectivity index (χ4n) is 2.54. The first kappa shape index (κ1) is 11.7. The smallest absolute Gasteiger partial charge is 0.445 e. The average Bonchev–Trinajstić information content (AvgIpc) is 2.16. The lowest BCUT2D eigenvalue weighted by molar-refractivity contribution is -0.119. The van der Waals surface area contributed by atoms with E-state index < -0.39 is 17.9 Å². The summed E-state index contributed by atoms with van der Waals surface area (Å²) in [6.45, 7) is -4.09. The van der Waals surface area contributed by atoms with Gasteiger partial charge in [-0.2, -0.15) is 0 Å². The van der Waals surface area contributed by atoms with Crippen molar-refractivity contribution >= 4 is 12.8 Å². The summed E-state index contributed by atoms with van der Waals surface area (Å²) >= 11 is 0. The zero-order valence-electron chi connectivity index (χ0n) is 8.85. The number of carbonyl (C=O) groups excluding carboxylic acids is 1. The number of hydrogen-bond donors (Lipinski definition) is 0. The third kappa shape index (κ3) is 2.31. The Labute approximate surface area is 91.9 Å². The van der Waals surface area contributed by atoms with Gasteiger partial charge in [0.1, 0.15) is 0 Å². The van der Waals surface area contributed by atoms with Gasteiger partial charge in [0.05, 0.1) is 0 Å². The van der Waals surface area contributed by atoms with Crippen LogP contribution in [0.3, 0.4) is 0 Å². The highest BCUT2D eigenvalue weighted by molar-refractivity contribution is 6.67. The summed E-state index contributed by atoms with van der Waals surface area (Å²) in [4.78, 5) is 11.4. The monoisotopic (exact) mass is 233 g/mol. The number of ketones is 1. The number of halogens is 3. The van der Waals surface area contributed by atoms with Crippen LogP contribution in [0.5, 0.6) is 0 Å². The van der Waals surface area contributed by atoms with Crippen molar-refractivity contribution in [2.75, 3.05) is 13.2 Å². The Morgan fingerprint density at radius 2 is 1.81 bits per heavy atom. The normalized spacial score (nSPS) is 25.7. The Morgan fingerprint density at radius 1 is 1.19 bits per heavy atom. The van der Waals surface area contributed by atoms with E-state index in [2.05, 4.69) is 0 Å². The molecule has 0 aromatic carbocycles. The van der Waals surface area contributed by atoms with Crippen LogP contribution < -0.4 is 0 Å². The summed E-state index contributed by atoms with van der Waals surface area (Å²) in [5.74, 6) is -0.387. The summed E-state index contributed by atoms with van der Waals surface area (Å²) in [6, 6.07) is 0. The quantitative estimate of drug-likeness (QED) is 0.650. The SMILES string of the molecule is O=C1C=C([B-](F)(F)F)CC2(CCOCC2)C1. The lowest BCUT2D eigenvalue weighted by Crippen LogP contribution is -2.38. The van der Waals surface area contributed by atoms with Crippen molar-refractivity contribution in [3.8, 4) is 0 Å². The molecule has 0 N–H and O–H groups in total. The largest absolute Gasteiger partial charge is 0.505 e. The standard InChI is InChI=1S/C10H13BF3O2/c12-11(13,14)8-5-9(15)7-10(6-8)1-3-16-4-2-10/h5H,1-4,6-7H2/q-1. The van der Waals surface area contributed by atoms with Crippen LogP contribution in [0.15, 0.2) is 11.5 Å². The van der Waals surface area contributed by atoms with E-state index >= 15 is 0 Å². The Kier molecular flexibility index (Phi) is 2.86.